The Bertz CT molecular complexity index is 1100. The van der Waals surface area contributed by atoms with E-state index in [4.69, 9.17) is 9.05 Å². The molecule has 0 bridgehead atoms. The number of likely N-dealkylation sites (N-methyl/N-ethyl adjacent to an activating group) is 1. The van der Waals surface area contributed by atoms with E-state index in [1.54, 1.807) is 23.3 Å². The number of benzene rings is 1. The minimum Gasteiger partial charge on any atom is -0.345 e. The maximum absolute atomic E-state index is 12.4. The largest absolute Gasteiger partial charge is 0.345 e. The zero-order valence-corrected chi connectivity index (χ0v) is 17.6. The quantitative estimate of drug-likeness (QED) is 0.425. The molecule has 1 aromatic carbocycles. The molecule has 4 aromatic rings. The number of rotatable bonds is 8. The van der Waals surface area contributed by atoms with Crippen molar-refractivity contribution in [2.45, 2.75) is 26.2 Å². The van der Waals surface area contributed by atoms with Gasteiger partial charge in [-0.1, -0.05) is 34.1 Å². The highest BCUT2D eigenvalue weighted by atomic mass is 32.1. The summed E-state index contributed by atoms with van der Waals surface area (Å²) < 4.78 is 10.6. The number of aryl methyl sites for hydroxylation is 2. The summed E-state index contributed by atoms with van der Waals surface area (Å²) in [4.78, 5) is 23.8. The normalized spacial score (nSPS) is 11.0. The maximum Gasteiger partial charge on any atom is 0.257 e. The van der Waals surface area contributed by atoms with E-state index in [9.17, 15) is 4.79 Å². The Morgan fingerprint density at radius 3 is 2.67 bits per heavy atom. The zero-order chi connectivity index (χ0) is 20.9. The van der Waals surface area contributed by atoms with Gasteiger partial charge in [0, 0.05) is 38.4 Å². The molecule has 0 atom stereocenters. The minimum atomic E-state index is -0.00636. The Balaban J connectivity index is 1.25. The lowest BCUT2D eigenvalue weighted by Gasteiger charge is -2.15. The molecular weight excluding hydrogens is 402 g/mol. The van der Waals surface area contributed by atoms with Crippen molar-refractivity contribution in [1.29, 1.82) is 0 Å². The molecule has 30 heavy (non-hydrogen) atoms. The molecule has 0 N–H and O–H groups in total. The molecule has 1 amide bonds. The molecule has 0 saturated heterocycles. The monoisotopic (exact) mass is 423 g/mol. The van der Waals surface area contributed by atoms with E-state index in [0.29, 0.717) is 49.2 Å². The van der Waals surface area contributed by atoms with Gasteiger partial charge in [-0.3, -0.25) is 4.79 Å². The predicted octanol–water partition coefficient (Wildman–Crippen LogP) is 3.79. The third-order valence-corrected chi connectivity index (χ3v) is 5.49. The second kappa shape index (κ2) is 9.00. The first kappa shape index (κ1) is 20.0. The lowest BCUT2D eigenvalue weighted by Crippen LogP contribution is -2.29. The first-order valence-corrected chi connectivity index (χ1v) is 10.5. The maximum atomic E-state index is 12.4. The van der Waals surface area contributed by atoms with Crippen molar-refractivity contribution in [2.24, 2.45) is 0 Å². The van der Waals surface area contributed by atoms with Crippen LogP contribution in [0.25, 0.3) is 22.2 Å². The third-order valence-electron chi connectivity index (χ3n) is 4.63. The average molecular weight is 423 g/mol. The lowest BCUT2D eigenvalue weighted by atomic mass is 10.1. The van der Waals surface area contributed by atoms with Crippen molar-refractivity contribution < 1.29 is 13.8 Å². The molecule has 0 aliphatic carbocycles. The van der Waals surface area contributed by atoms with E-state index in [2.05, 4.69) is 20.3 Å². The van der Waals surface area contributed by atoms with Gasteiger partial charge in [-0.2, -0.15) is 9.97 Å². The van der Waals surface area contributed by atoms with Gasteiger partial charge in [-0.15, -0.1) is 11.3 Å². The van der Waals surface area contributed by atoms with Gasteiger partial charge < -0.3 is 13.9 Å². The van der Waals surface area contributed by atoms with Crippen LogP contribution in [-0.2, 0) is 17.6 Å². The first-order valence-electron chi connectivity index (χ1n) is 9.58. The Kier molecular flexibility index (Phi) is 5.99. The van der Waals surface area contributed by atoms with Crippen molar-refractivity contribution in [2.75, 3.05) is 13.6 Å². The van der Waals surface area contributed by atoms with E-state index in [-0.39, 0.29) is 5.91 Å². The van der Waals surface area contributed by atoms with Gasteiger partial charge in [0.15, 0.2) is 5.82 Å². The summed E-state index contributed by atoms with van der Waals surface area (Å²) in [6, 6.07) is 11.8. The molecule has 9 heteroatoms. The van der Waals surface area contributed by atoms with Crippen molar-refractivity contribution in [3.63, 3.8) is 0 Å². The van der Waals surface area contributed by atoms with Crippen LogP contribution in [0, 0.1) is 6.92 Å². The van der Waals surface area contributed by atoms with E-state index < -0.39 is 0 Å². The van der Waals surface area contributed by atoms with Gasteiger partial charge in [0.05, 0.1) is 4.88 Å². The van der Waals surface area contributed by atoms with Crippen LogP contribution >= 0.6 is 11.3 Å². The molecule has 0 unspecified atom stereocenters. The molecule has 0 saturated carbocycles. The molecule has 8 nitrogen and oxygen atoms in total. The number of thiophene rings is 1. The molecule has 0 fully saturated rings. The summed E-state index contributed by atoms with van der Waals surface area (Å²) in [6.45, 7) is 2.52. The molecular formula is C21H21N5O3S. The third kappa shape index (κ3) is 4.80. The lowest BCUT2D eigenvalue weighted by molar-refractivity contribution is -0.129. The second-order valence-corrected chi connectivity index (χ2v) is 7.88. The number of carbonyl (C=O) groups excluding carboxylic acids is 1. The SMILES string of the molecule is Cc1ccc(-c2nc(CCN(C)C(=O)CCc3nc(-c4cccs4)no3)no2)cc1. The van der Waals surface area contributed by atoms with Crippen molar-refractivity contribution in [3.8, 4) is 22.2 Å². The highest BCUT2D eigenvalue weighted by Crippen LogP contribution is 2.21. The van der Waals surface area contributed by atoms with Crippen molar-refractivity contribution >= 4 is 17.2 Å². The molecule has 154 valence electrons. The van der Waals surface area contributed by atoms with Gasteiger partial charge in [0.1, 0.15) is 0 Å². The first-order chi connectivity index (χ1) is 14.6. The summed E-state index contributed by atoms with van der Waals surface area (Å²) in [5.74, 6) is 2.07. The number of amides is 1. The van der Waals surface area contributed by atoms with Gasteiger partial charge in [0.25, 0.3) is 5.89 Å². The van der Waals surface area contributed by atoms with Crippen LogP contribution in [0.4, 0.5) is 0 Å². The molecule has 4 rings (SSSR count). The van der Waals surface area contributed by atoms with E-state index >= 15 is 0 Å². The van der Waals surface area contributed by atoms with Gasteiger partial charge in [-0.25, -0.2) is 0 Å². The van der Waals surface area contributed by atoms with Crippen LogP contribution in [-0.4, -0.2) is 44.7 Å². The van der Waals surface area contributed by atoms with E-state index in [1.807, 2.05) is 48.7 Å². The highest BCUT2D eigenvalue weighted by Gasteiger charge is 2.15. The van der Waals surface area contributed by atoms with Crippen LogP contribution in [0.1, 0.15) is 23.7 Å². The average Bonchev–Trinajstić information content (AvgIpc) is 3.52. The number of carbonyl (C=O) groups is 1. The number of aromatic nitrogens is 4. The Morgan fingerprint density at radius 1 is 1.07 bits per heavy atom. The Labute approximate surface area is 177 Å². The summed E-state index contributed by atoms with van der Waals surface area (Å²) in [7, 11) is 1.76. The number of nitrogens with zero attached hydrogens (tertiary/aromatic N) is 5. The molecule has 3 aromatic heterocycles. The summed E-state index contributed by atoms with van der Waals surface area (Å²) in [5, 5.41) is 9.93. The smallest absolute Gasteiger partial charge is 0.257 e. The van der Waals surface area contributed by atoms with Crippen LogP contribution in [0.3, 0.4) is 0 Å². The molecule has 0 radical (unpaired) electrons. The van der Waals surface area contributed by atoms with Crippen LogP contribution in [0.2, 0.25) is 0 Å². The van der Waals surface area contributed by atoms with Gasteiger partial charge in [-0.05, 0) is 30.5 Å². The molecule has 0 spiro atoms. The predicted molar refractivity (Wildman–Crippen MR) is 112 cm³/mol. The Hall–Kier alpha value is -3.33. The molecule has 3 heterocycles. The fourth-order valence-corrected chi connectivity index (χ4v) is 3.48. The minimum absolute atomic E-state index is 0.00636. The topological polar surface area (TPSA) is 98.2 Å². The number of hydrogen-bond donors (Lipinski definition) is 0. The van der Waals surface area contributed by atoms with Crippen LogP contribution in [0.5, 0.6) is 0 Å². The second-order valence-electron chi connectivity index (χ2n) is 6.94. The molecule has 0 aliphatic heterocycles. The van der Waals surface area contributed by atoms with Crippen molar-refractivity contribution in [1.82, 2.24) is 25.2 Å². The molecule has 0 aliphatic rings. The van der Waals surface area contributed by atoms with Gasteiger partial charge in [0.2, 0.25) is 17.6 Å². The standard InChI is InChI=1S/C21H21N5O3S/c1-14-5-7-15(8-6-14)21-22-17(24-29-21)11-12-26(2)19(27)10-9-18-23-20(25-28-18)16-4-3-13-30-16/h3-8,13H,9-12H2,1-2H3. The highest BCUT2D eigenvalue weighted by molar-refractivity contribution is 7.13. The Morgan fingerprint density at radius 2 is 1.90 bits per heavy atom. The summed E-state index contributed by atoms with van der Waals surface area (Å²) in [5.41, 5.74) is 2.05. The van der Waals surface area contributed by atoms with Crippen molar-refractivity contribution in [3.05, 3.63) is 59.1 Å². The van der Waals surface area contributed by atoms with Crippen LogP contribution < -0.4 is 0 Å². The summed E-state index contributed by atoms with van der Waals surface area (Å²) >= 11 is 1.54. The fraction of sp³-hybridized carbons (Fsp3) is 0.286. The van der Waals surface area contributed by atoms with Gasteiger partial charge >= 0.3 is 0 Å². The zero-order valence-electron chi connectivity index (χ0n) is 16.7. The van der Waals surface area contributed by atoms with E-state index in [1.165, 1.54) is 5.56 Å². The van der Waals surface area contributed by atoms with E-state index in [0.717, 1.165) is 10.4 Å². The number of hydrogen-bond acceptors (Lipinski definition) is 8. The van der Waals surface area contributed by atoms with Crippen LogP contribution in [0.15, 0.2) is 50.8 Å². The summed E-state index contributed by atoms with van der Waals surface area (Å²) in [6.07, 6.45) is 1.21. The fourth-order valence-electron chi connectivity index (χ4n) is 2.83.